The molecule has 2 N–H and O–H groups in total. The Bertz CT molecular complexity index is 949. The molecule has 2 heterocycles. The number of aromatic hydroxyl groups is 1. The van der Waals surface area contributed by atoms with Crippen LogP contribution in [0.2, 0.25) is 0 Å². The van der Waals surface area contributed by atoms with Crippen LogP contribution < -0.4 is 10.9 Å². The number of hydrogen-bond acceptors (Lipinski definition) is 6. The average Bonchev–Trinajstić information content (AvgIpc) is 3.05. The maximum absolute atomic E-state index is 12.4. The molecule has 0 atom stereocenters. The zero-order valence-electron chi connectivity index (χ0n) is 12.4. The van der Waals surface area contributed by atoms with E-state index in [4.69, 9.17) is 0 Å². The summed E-state index contributed by atoms with van der Waals surface area (Å²) in [7, 11) is 1.57. The molecule has 0 saturated carbocycles. The van der Waals surface area contributed by atoms with E-state index in [9.17, 15) is 14.7 Å². The maximum Gasteiger partial charge on any atom is 0.267 e. The lowest BCUT2D eigenvalue weighted by atomic mass is 10.1. The number of carbonyl (C=O) groups excluding carboxylic acids is 1. The predicted molar refractivity (Wildman–Crippen MR) is 92.7 cm³/mol. The van der Waals surface area contributed by atoms with Crippen molar-refractivity contribution >= 4 is 45.0 Å². The van der Waals surface area contributed by atoms with Crippen molar-refractivity contribution in [2.45, 2.75) is 4.90 Å². The molecule has 0 fully saturated rings. The van der Waals surface area contributed by atoms with Gasteiger partial charge >= 0.3 is 0 Å². The van der Waals surface area contributed by atoms with Crippen molar-refractivity contribution in [3.05, 3.63) is 45.7 Å². The van der Waals surface area contributed by atoms with Gasteiger partial charge in [0.15, 0.2) is 5.13 Å². The first-order chi connectivity index (χ1) is 11.0. The second-order valence-electron chi connectivity index (χ2n) is 4.76. The summed E-state index contributed by atoms with van der Waals surface area (Å²) in [5.74, 6) is -0.984. The molecular formula is C15H13N3O3S2. The molecule has 3 rings (SSSR count). The third-order valence-corrected chi connectivity index (χ3v) is 4.87. The van der Waals surface area contributed by atoms with Gasteiger partial charge < -0.3 is 9.67 Å². The lowest BCUT2D eigenvalue weighted by Gasteiger charge is -2.12. The number of fused-ring (bicyclic) bond motifs is 1. The number of hydrogen-bond donors (Lipinski definition) is 2. The van der Waals surface area contributed by atoms with Crippen LogP contribution in [0.3, 0.4) is 0 Å². The Hall–Kier alpha value is -2.32. The molecule has 23 heavy (non-hydrogen) atoms. The number of pyridine rings is 1. The third-order valence-electron chi connectivity index (χ3n) is 3.46. The summed E-state index contributed by atoms with van der Waals surface area (Å²) in [5, 5.41) is 15.5. The number of thioether (sulfide) groups is 1. The summed E-state index contributed by atoms with van der Waals surface area (Å²) in [6.45, 7) is 0. The van der Waals surface area contributed by atoms with Gasteiger partial charge in [0.25, 0.3) is 11.5 Å². The van der Waals surface area contributed by atoms with Crippen molar-refractivity contribution in [1.29, 1.82) is 0 Å². The Morgan fingerprint density at radius 2 is 2.22 bits per heavy atom. The maximum atomic E-state index is 12.4. The summed E-state index contributed by atoms with van der Waals surface area (Å²) in [5.41, 5.74) is -0.273. The van der Waals surface area contributed by atoms with Gasteiger partial charge in [-0.05, 0) is 24.5 Å². The number of nitrogens with zero attached hydrogens (tertiary/aromatic N) is 2. The van der Waals surface area contributed by atoms with E-state index in [1.165, 1.54) is 27.7 Å². The number of rotatable bonds is 3. The van der Waals surface area contributed by atoms with Gasteiger partial charge in [-0.15, -0.1) is 23.1 Å². The fourth-order valence-corrected chi connectivity index (χ4v) is 3.25. The summed E-state index contributed by atoms with van der Waals surface area (Å²) < 4.78 is 1.36. The molecule has 1 amide bonds. The smallest absolute Gasteiger partial charge is 0.267 e. The first-order valence-electron chi connectivity index (χ1n) is 6.63. The molecule has 0 aliphatic carbocycles. The first kappa shape index (κ1) is 15.6. The Labute approximate surface area is 139 Å². The normalized spacial score (nSPS) is 10.9. The van der Waals surface area contributed by atoms with E-state index in [-0.39, 0.29) is 11.3 Å². The highest BCUT2D eigenvalue weighted by Crippen LogP contribution is 2.30. The van der Waals surface area contributed by atoms with Gasteiger partial charge in [0.1, 0.15) is 11.3 Å². The zero-order chi connectivity index (χ0) is 16.6. The van der Waals surface area contributed by atoms with E-state index in [1.807, 2.05) is 12.3 Å². The highest BCUT2D eigenvalue weighted by atomic mass is 32.2. The average molecular weight is 347 g/mol. The van der Waals surface area contributed by atoms with Gasteiger partial charge in [-0.3, -0.25) is 14.9 Å². The number of nitrogens with one attached hydrogen (secondary N) is 1. The molecule has 6 nitrogen and oxygen atoms in total. The Balaban J connectivity index is 2.20. The van der Waals surface area contributed by atoms with E-state index in [2.05, 4.69) is 10.3 Å². The Morgan fingerprint density at radius 3 is 2.87 bits per heavy atom. The SMILES string of the molecule is CSc1ccc2c(c1)c(O)c(C(=O)Nc1nccs1)c(=O)n2C. The quantitative estimate of drug-likeness (QED) is 0.712. The van der Waals surface area contributed by atoms with Crippen molar-refractivity contribution in [3.8, 4) is 5.75 Å². The number of anilines is 1. The van der Waals surface area contributed by atoms with Crippen molar-refractivity contribution in [1.82, 2.24) is 9.55 Å². The summed E-state index contributed by atoms with van der Waals surface area (Å²) in [6.07, 6.45) is 3.46. The molecule has 1 aromatic carbocycles. The van der Waals surface area contributed by atoms with Crippen LogP contribution in [0.25, 0.3) is 10.9 Å². The molecule has 2 aromatic heterocycles. The highest BCUT2D eigenvalue weighted by molar-refractivity contribution is 7.98. The first-order valence-corrected chi connectivity index (χ1v) is 8.74. The summed E-state index contributed by atoms with van der Waals surface area (Å²) >= 11 is 2.75. The van der Waals surface area contributed by atoms with E-state index in [0.29, 0.717) is 16.0 Å². The van der Waals surface area contributed by atoms with E-state index < -0.39 is 11.5 Å². The molecule has 3 aromatic rings. The number of benzene rings is 1. The van der Waals surface area contributed by atoms with Gasteiger partial charge in [0.2, 0.25) is 0 Å². The molecule has 0 saturated heterocycles. The van der Waals surface area contributed by atoms with Gasteiger partial charge in [0.05, 0.1) is 5.52 Å². The second kappa shape index (κ2) is 6.05. The van der Waals surface area contributed by atoms with Crippen LogP contribution in [-0.2, 0) is 7.05 Å². The summed E-state index contributed by atoms with van der Waals surface area (Å²) in [4.78, 5) is 29.7. The number of carbonyl (C=O) groups is 1. The zero-order valence-corrected chi connectivity index (χ0v) is 14.0. The molecule has 0 aliphatic rings. The summed E-state index contributed by atoms with van der Waals surface area (Å²) in [6, 6.07) is 5.38. The number of aromatic nitrogens is 2. The number of amides is 1. The lowest BCUT2D eigenvalue weighted by molar-refractivity contribution is 0.102. The van der Waals surface area contributed by atoms with Crippen LogP contribution in [0.4, 0.5) is 5.13 Å². The van der Waals surface area contributed by atoms with E-state index in [1.54, 1.807) is 30.8 Å². The van der Waals surface area contributed by atoms with E-state index >= 15 is 0 Å². The van der Waals surface area contributed by atoms with Gasteiger partial charge in [-0.2, -0.15) is 0 Å². The number of thiazole rings is 1. The second-order valence-corrected chi connectivity index (χ2v) is 6.54. The fourth-order valence-electron chi connectivity index (χ4n) is 2.29. The Morgan fingerprint density at radius 1 is 1.43 bits per heavy atom. The standard InChI is InChI=1S/C15H13N3O3S2/c1-18-10-4-3-8(22-2)7-9(10)12(19)11(14(18)21)13(20)17-15-16-5-6-23-15/h3-7,19H,1-2H3,(H,16,17,20). The highest BCUT2D eigenvalue weighted by Gasteiger charge is 2.22. The van der Waals surface area contributed by atoms with Crippen LogP contribution in [0.15, 0.2) is 39.5 Å². The molecule has 0 spiro atoms. The molecular weight excluding hydrogens is 334 g/mol. The van der Waals surface area contributed by atoms with Gasteiger partial charge in [-0.1, -0.05) is 0 Å². The molecule has 0 radical (unpaired) electrons. The van der Waals surface area contributed by atoms with Crippen LogP contribution >= 0.6 is 23.1 Å². The molecule has 8 heteroatoms. The van der Waals surface area contributed by atoms with Crippen molar-refractivity contribution in [2.75, 3.05) is 11.6 Å². The minimum absolute atomic E-state index is 0.284. The lowest BCUT2D eigenvalue weighted by Crippen LogP contribution is -2.28. The van der Waals surface area contributed by atoms with Crippen LogP contribution in [-0.4, -0.2) is 26.8 Å². The topological polar surface area (TPSA) is 84.2 Å². The largest absolute Gasteiger partial charge is 0.506 e. The minimum Gasteiger partial charge on any atom is -0.506 e. The van der Waals surface area contributed by atoms with Crippen molar-refractivity contribution in [2.24, 2.45) is 7.05 Å². The van der Waals surface area contributed by atoms with E-state index in [0.717, 1.165) is 4.90 Å². The van der Waals surface area contributed by atoms with Crippen LogP contribution in [0.1, 0.15) is 10.4 Å². The van der Waals surface area contributed by atoms with Crippen molar-refractivity contribution < 1.29 is 9.90 Å². The predicted octanol–water partition coefficient (Wildman–Crippen LogP) is 2.67. The molecule has 0 aliphatic heterocycles. The van der Waals surface area contributed by atoms with Crippen LogP contribution in [0.5, 0.6) is 5.75 Å². The number of aryl methyl sites for hydroxylation is 1. The Kier molecular flexibility index (Phi) is 4.10. The molecule has 0 unspecified atom stereocenters. The van der Waals surface area contributed by atoms with Gasteiger partial charge in [-0.25, -0.2) is 4.98 Å². The van der Waals surface area contributed by atoms with Crippen molar-refractivity contribution in [3.63, 3.8) is 0 Å². The minimum atomic E-state index is -0.672. The third kappa shape index (κ3) is 2.71. The molecule has 118 valence electrons. The molecule has 0 bridgehead atoms. The van der Waals surface area contributed by atoms with Crippen LogP contribution in [0, 0.1) is 0 Å². The fraction of sp³-hybridized carbons (Fsp3) is 0.133. The van der Waals surface area contributed by atoms with Gasteiger partial charge in [0, 0.05) is 28.9 Å². The monoisotopic (exact) mass is 347 g/mol.